The van der Waals surface area contributed by atoms with E-state index in [1.165, 1.54) is 56.0 Å². The Balaban J connectivity index is 1.29. The van der Waals surface area contributed by atoms with Crippen LogP contribution in [0.5, 0.6) is 0 Å². The van der Waals surface area contributed by atoms with Crippen molar-refractivity contribution >= 4 is 23.6 Å². The second-order valence-electron chi connectivity index (χ2n) is 9.06. The molecule has 2 aliphatic carbocycles. The van der Waals surface area contributed by atoms with Gasteiger partial charge < -0.3 is 10.6 Å². The van der Waals surface area contributed by atoms with Gasteiger partial charge in [0.05, 0.1) is 11.3 Å². The number of carbonyl (C=O) groups is 2. The van der Waals surface area contributed by atoms with Gasteiger partial charge in [0, 0.05) is 23.4 Å². The lowest BCUT2D eigenvalue weighted by Gasteiger charge is -2.21. The minimum absolute atomic E-state index is 0.0176. The molecule has 0 aliphatic heterocycles. The van der Waals surface area contributed by atoms with Crippen LogP contribution >= 0.6 is 11.8 Å². The summed E-state index contributed by atoms with van der Waals surface area (Å²) in [5.74, 6) is 0.540. The van der Waals surface area contributed by atoms with Crippen LogP contribution in [0.15, 0.2) is 53.4 Å². The van der Waals surface area contributed by atoms with Crippen LogP contribution in [0.4, 0.5) is 4.39 Å². The quantitative estimate of drug-likeness (QED) is 0.520. The fourth-order valence-corrected chi connectivity index (χ4v) is 5.37. The van der Waals surface area contributed by atoms with Crippen LogP contribution in [-0.4, -0.2) is 30.7 Å². The van der Waals surface area contributed by atoms with Gasteiger partial charge in [-0.15, -0.1) is 11.8 Å². The van der Waals surface area contributed by atoms with E-state index in [1.54, 1.807) is 6.07 Å². The zero-order valence-electron chi connectivity index (χ0n) is 18.4. The van der Waals surface area contributed by atoms with Gasteiger partial charge in [0.25, 0.3) is 5.91 Å². The molecule has 0 heterocycles. The third kappa shape index (κ3) is 5.91. The first-order valence-corrected chi connectivity index (χ1v) is 12.6. The van der Waals surface area contributed by atoms with Crippen LogP contribution in [0.1, 0.15) is 60.9 Å². The molecule has 4 rings (SSSR count). The Morgan fingerprint density at radius 3 is 2.41 bits per heavy atom. The lowest BCUT2D eigenvalue weighted by Crippen LogP contribution is -2.33. The highest BCUT2D eigenvalue weighted by Crippen LogP contribution is 2.47. The van der Waals surface area contributed by atoms with Gasteiger partial charge in [0.2, 0.25) is 5.91 Å². The molecule has 2 aromatic rings. The summed E-state index contributed by atoms with van der Waals surface area (Å²) in [5, 5.41) is 6.12. The maximum atomic E-state index is 13.2. The number of carbonyl (C=O) groups excluding carboxylic acids is 2. The monoisotopic (exact) mass is 454 g/mol. The molecular formula is C26H31FN2O2S. The molecule has 0 saturated heterocycles. The predicted octanol–water partition coefficient (Wildman–Crippen LogP) is 5.08. The standard InChI is InChI=1S/C26H31FN2O2S/c27-21-12-10-20(11-13-21)26(14-15-26)18-29-25(31)22-8-4-5-9-23(22)32-17-24(30)28-16-19-6-2-1-3-7-19/h4-5,8-13,19H,1-3,6-7,14-18H2,(H,28,30)(H,29,31). The van der Waals surface area contributed by atoms with Crippen molar-refractivity contribution in [2.45, 2.75) is 55.3 Å². The van der Waals surface area contributed by atoms with Crippen LogP contribution < -0.4 is 10.6 Å². The molecule has 170 valence electrons. The zero-order valence-corrected chi connectivity index (χ0v) is 19.2. The number of benzene rings is 2. The fraction of sp³-hybridized carbons (Fsp3) is 0.462. The second kappa shape index (κ2) is 10.5. The van der Waals surface area contributed by atoms with Gasteiger partial charge in [0.1, 0.15) is 5.82 Å². The third-order valence-corrected chi connectivity index (χ3v) is 7.77. The number of hydrogen-bond donors (Lipinski definition) is 2. The lowest BCUT2D eigenvalue weighted by molar-refractivity contribution is -0.118. The van der Waals surface area contributed by atoms with E-state index in [0.717, 1.165) is 29.8 Å². The SMILES string of the molecule is O=C(CSc1ccccc1C(=O)NCC1(c2ccc(F)cc2)CC1)NCC1CCCCC1. The molecule has 2 amide bonds. The highest BCUT2D eigenvalue weighted by molar-refractivity contribution is 8.00. The van der Waals surface area contributed by atoms with Gasteiger partial charge in [-0.25, -0.2) is 4.39 Å². The van der Waals surface area contributed by atoms with Gasteiger partial charge in [-0.2, -0.15) is 0 Å². The zero-order chi connectivity index (χ0) is 22.4. The molecule has 0 unspecified atom stereocenters. The highest BCUT2D eigenvalue weighted by Gasteiger charge is 2.44. The van der Waals surface area contributed by atoms with E-state index in [2.05, 4.69) is 10.6 Å². The molecule has 2 N–H and O–H groups in total. The van der Waals surface area contributed by atoms with Crippen LogP contribution in [0.2, 0.25) is 0 Å². The molecule has 6 heteroatoms. The lowest BCUT2D eigenvalue weighted by atomic mass is 9.89. The van der Waals surface area contributed by atoms with Crippen molar-refractivity contribution in [1.82, 2.24) is 10.6 Å². The minimum atomic E-state index is -0.248. The Hall–Kier alpha value is -2.34. The van der Waals surface area contributed by atoms with Crippen LogP contribution in [0, 0.1) is 11.7 Å². The molecule has 2 fully saturated rings. The predicted molar refractivity (Wildman–Crippen MR) is 126 cm³/mol. The molecule has 0 aromatic heterocycles. The summed E-state index contributed by atoms with van der Waals surface area (Å²) in [7, 11) is 0. The topological polar surface area (TPSA) is 58.2 Å². The largest absolute Gasteiger partial charge is 0.355 e. The summed E-state index contributed by atoms with van der Waals surface area (Å²) in [4.78, 5) is 26.1. The maximum absolute atomic E-state index is 13.2. The molecule has 2 saturated carbocycles. The van der Waals surface area contributed by atoms with Crippen molar-refractivity contribution in [3.05, 3.63) is 65.5 Å². The van der Waals surface area contributed by atoms with E-state index in [-0.39, 0.29) is 23.0 Å². The first-order valence-electron chi connectivity index (χ1n) is 11.6. The summed E-state index contributed by atoms with van der Waals surface area (Å²) in [6, 6.07) is 14.0. The number of amides is 2. The van der Waals surface area contributed by atoms with Crippen molar-refractivity contribution in [3.8, 4) is 0 Å². The van der Waals surface area contributed by atoms with Crippen LogP contribution in [-0.2, 0) is 10.2 Å². The van der Waals surface area contributed by atoms with Crippen molar-refractivity contribution in [1.29, 1.82) is 0 Å². The molecule has 0 bridgehead atoms. The Kier molecular flexibility index (Phi) is 7.51. The van der Waals surface area contributed by atoms with Gasteiger partial charge in [0.15, 0.2) is 0 Å². The summed E-state index contributed by atoms with van der Waals surface area (Å²) in [6.45, 7) is 1.28. The first kappa shape index (κ1) is 22.8. The smallest absolute Gasteiger partial charge is 0.252 e. The van der Waals surface area contributed by atoms with E-state index >= 15 is 0 Å². The number of rotatable bonds is 9. The number of halogens is 1. The van der Waals surface area contributed by atoms with Crippen LogP contribution in [0.25, 0.3) is 0 Å². The number of nitrogens with one attached hydrogen (secondary N) is 2. The summed E-state index contributed by atoms with van der Waals surface area (Å²) in [6.07, 6.45) is 8.21. The molecule has 32 heavy (non-hydrogen) atoms. The van der Waals surface area contributed by atoms with Gasteiger partial charge in [-0.05, 0) is 61.4 Å². The molecule has 2 aromatic carbocycles. The first-order chi connectivity index (χ1) is 15.6. The van der Waals surface area contributed by atoms with Crippen molar-refractivity contribution < 1.29 is 14.0 Å². The minimum Gasteiger partial charge on any atom is -0.355 e. The average Bonchev–Trinajstić information content (AvgIpc) is 3.62. The maximum Gasteiger partial charge on any atom is 0.252 e. The molecule has 4 nitrogen and oxygen atoms in total. The number of hydrogen-bond acceptors (Lipinski definition) is 3. The van der Waals surface area contributed by atoms with Crippen LogP contribution in [0.3, 0.4) is 0 Å². The molecule has 2 aliphatic rings. The van der Waals surface area contributed by atoms with Crippen molar-refractivity contribution in [2.75, 3.05) is 18.8 Å². The Bertz CT molecular complexity index is 937. The van der Waals surface area contributed by atoms with Crippen molar-refractivity contribution in [3.63, 3.8) is 0 Å². The summed E-state index contributed by atoms with van der Waals surface area (Å²) in [5.41, 5.74) is 1.56. The van der Waals surface area contributed by atoms with E-state index in [4.69, 9.17) is 0 Å². The molecule has 0 spiro atoms. The van der Waals surface area contributed by atoms with E-state index < -0.39 is 0 Å². The Labute approximate surface area is 193 Å². The summed E-state index contributed by atoms with van der Waals surface area (Å²) >= 11 is 1.40. The number of thioether (sulfide) groups is 1. The Morgan fingerprint density at radius 1 is 0.969 bits per heavy atom. The van der Waals surface area contributed by atoms with E-state index in [0.29, 0.717) is 23.8 Å². The van der Waals surface area contributed by atoms with E-state index in [1.807, 2.05) is 30.3 Å². The third-order valence-electron chi connectivity index (χ3n) is 6.70. The van der Waals surface area contributed by atoms with Gasteiger partial charge in [-0.1, -0.05) is 43.5 Å². The highest BCUT2D eigenvalue weighted by atomic mass is 32.2. The fourth-order valence-electron chi connectivity index (χ4n) is 4.49. The molecular weight excluding hydrogens is 423 g/mol. The Morgan fingerprint density at radius 2 is 1.69 bits per heavy atom. The van der Waals surface area contributed by atoms with E-state index in [9.17, 15) is 14.0 Å². The van der Waals surface area contributed by atoms with Gasteiger partial charge in [-0.3, -0.25) is 9.59 Å². The molecule has 0 atom stereocenters. The molecule has 0 radical (unpaired) electrons. The normalized spacial score (nSPS) is 17.5. The van der Waals surface area contributed by atoms with Crippen molar-refractivity contribution in [2.24, 2.45) is 5.92 Å². The summed E-state index contributed by atoms with van der Waals surface area (Å²) < 4.78 is 13.2. The average molecular weight is 455 g/mol. The second-order valence-corrected chi connectivity index (χ2v) is 10.1. The van der Waals surface area contributed by atoms with Gasteiger partial charge >= 0.3 is 0 Å².